The molecule has 1 N–H and O–H groups in total. The third kappa shape index (κ3) is 2.14. The summed E-state index contributed by atoms with van der Waals surface area (Å²) in [5.41, 5.74) is 3.74. The number of benzene rings is 1. The Morgan fingerprint density at radius 3 is 2.38 bits per heavy atom. The number of rotatable bonds is 3. The molecule has 1 aromatic carbocycles. The summed E-state index contributed by atoms with van der Waals surface area (Å²) in [6, 6.07) is 8.80. The van der Waals surface area contributed by atoms with Crippen LogP contribution < -0.4 is 5.32 Å². The van der Waals surface area contributed by atoms with Gasteiger partial charge in [0, 0.05) is 18.8 Å². The van der Waals surface area contributed by atoms with E-state index in [9.17, 15) is 0 Å². The Balaban J connectivity index is 2.32. The van der Waals surface area contributed by atoms with E-state index in [-0.39, 0.29) is 6.04 Å². The van der Waals surface area contributed by atoms with Gasteiger partial charge in [0.05, 0.1) is 12.2 Å². The van der Waals surface area contributed by atoms with Crippen LogP contribution in [-0.4, -0.2) is 16.8 Å². The Morgan fingerprint density at radius 1 is 1.19 bits per heavy atom. The van der Waals surface area contributed by atoms with E-state index in [2.05, 4.69) is 41.6 Å². The molecule has 0 aliphatic heterocycles. The highest BCUT2D eigenvalue weighted by atomic mass is 15.2. The lowest BCUT2D eigenvalue weighted by Gasteiger charge is -2.15. The molecule has 1 aromatic heterocycles. The Hall–Kier alpha value is -1.61. The van der Waals surface area contributed by atoms with Crippen LogP contribution in [0.4, 0.5) is 0 Å². The number of nitrogens with one attached hydrogen (secondary N) is 1. The van der Waals surface area contributed by atoms with Crippen molar-refractivity contribution >= 4 is 0 Å². The number of aromatic nitrogens is 2. The van der Waals surface area contributed by atoms with Gasteiger partial charge < -0.3 is 5.32 Å². The number of aryl methyl sites for hydroxylation is 2. The van der Waals surface area contributed by atoms with Gasteiger partial charge in [-0.25, -0.2) is 0 Å². The summed E-state index contributed by atoms with van der Waals surface area (Å²) in [7, 11) is 3.91. The zero-order valence-electron chi connectivity index (χ0n) is 9.94. The molecule has 2 aromatic rings. The van der Waals surface area contributed by atoms with Crippen molar-refractivity contribution in [1.29, 1.82) is 0 Å². The van der Waals surface area contributed by atoms with Crippen LogP contribution in [0.15, 0.2) is 36.7 Å². The molecule has 16 heavy (non-hydrogen) atoms. The smallest absolute Gasteiger partial charge is 0.0605 e. The summed E-state index contributed by atoms with van der Waals surface area (Å²) in [4.78, 5) is 0. The molecule has 0 saturated heterocycles. The molecular weight excluding hydrogens is 198 g/mol. The van der Waals surface area contributed by atoms with Crippen molar-refractivity contribution in [3.05, 3.63) is 53.3 Å². The zero-order valence-corrected chi connectivity index (χ0v) is 9.94. The van der Waals surface area contributed by atoms with E-state index in [1.54, 1.807) is 0 Å². The van der Waals surface area contributed by atoms with Crippen LogP contribution in [0.5, 0.6) is 0 Å². The predicted octanol–water partition coefficient (Wildman–Crippen LogP) is 2.04. The van der Waals surface area contributed by atoms with Crippen LogP contribution in [-0.2, 0) is 7.05 Å². The van der Waals surface area contributed by atoms with Crippen molar-refractivity contribution in [3.63, 3.8) is 0 Å². The highest BCUT2D eigenvalue weighted by Crippen LogP contribution is 2.21. The lowest BCUT2D eigenvalue weighted by molar-refractivity contribution is 0.689. The van der Waals surface area contributed by atoms with Crippen LogP contribution in [0.1, 0.15) is 22.7 Å². The van der Waals surface area contributed by atoms with E-state index in [0.717, 1.165) is 0 Å². The second-order valence-electron chi connectivity index (χ2n) is 4.08. The molecule has 84 valence electrons. The van der Waals surface area contributed by atoms with E-state index in [1.807, 2.05) is 31.2 Å². The van der Waals surface area contributed by atoms with Gasteiger partial charge in [0.25, 0.3) is 0 Å². The summed E-state index contributed by atoms with van der Waals surface area (Å²) >= 11 is 0. The summed E-state index contributed by atoms with van der Waals surface area (Å²) < 4.78 is 1.83. The fourth-order valence-corrected chi connectivity index (χ4v) is 1.87. The minimum atomic E-state index is 0.217. The van der Waals surface area contributed by atoms with Crippen molar-refractivity contribution in [3.8, 4) is 0 Å². The first-order valence-corrected chi connectivity index (χ1v) is 5.43. The van der Waals surface area contributed by atoms with Gasteiger partial charge >= 0.3 is 0 Å². The number of nitrogens with zero attached hydrogens (tertiary/aromatic N) is 2. The Morgan fingerprint density at radius 2 is 1.88 bits per heavy atom. The van der Waals surface area contributed by atoms with E-state index in [0.29, 0.717) is 0 Å². The Labute approximate surface area is 96.1 Å². The lowest BCUT2D eigenvalue weighted by Crippen LogP contribution is -2.17. The Kier molecular flexibility index (Phi) is 3.06. The summed E-state index contributed by atoms with van der Waals surface area (Å²) in [6.45, 7) is 2.10. The Bertz CT molecular complexity index is 456. The molecule has 0 aliphatic carbocycles. The normalized spacial score (nSPS) is 12.7. The van der Waals surface area contributed by atoms with Gasteiger partial charge in [-0.3, -0.25) is 4.68 Å². The molecule has 2 rings (SSSR count). The third-order valence-electron chi connectivity index (χ3n) is 2.76. The molecule has 0 spiro atoms. The average Bonchev–Trinajstić information content (AvgIpc) is 2.69. The molecule has 1 atom stereocenters. The van der Waals surface area contributed by atoms with Gasteiger partial charge in [0.1, 0.15) is 0 Å². The molecule has 0 aliphatic rings. The van der Waals surface area contributed by atoms with E-state index < -0.39 is 0 Å². The maximum absolute atomic E-state index is 4.21. The van der Waals surface area contributed by atoms with Crippen LogP contribution in [0.2, 0.25) is 0 Å². The van der Waals surface area contributed by atoms with Crippen molar-refractivity contribution in [1.82, 2.24) is 15.1 Å². The van der Waals surface area contributed by atoms with Crippen LogP contribution in [0.25, 0.3) is 0 Å². The summed E-state index contributed by atoms with van der Waals surface area (Å²) in [5, 5.41) is 7.52. The van der Waals surface area contributed by atoms with Gasteiger partial charge in [0.2, 0.25) is 0 Å². The standard InChI is InChI=1S/C13H17N3/c1-10-4-6-11(7-5-10)13(14-2)12-8-15-16(3)9-12/h4-9,13-14H,1-3H3. The third-order valence-corrected chi connectivity index (χ3v) is 2.76. The molecule has 1 unspecified atom stereocenters. The lowest BCUT2D eigenvalue weighted by atomic mass is 10.0. The fourth-order valence-electron chi connectivity index (χ4n) is 1.87. The van der Waals surface area contributed by atoms with E-state index in [4.69, 9.17) is 0 Å². The summed E-state index contributed by atoms with van der Waals surface area (Å²) in [5.74, 6) is 0. The minimum Gasteiger partial charge on any atom is -0.309 e. The molecule has 3 heteroatoms. The van der Waals surface area contributed by atoms with Crippen molar-refractivity contribution in [2.75, 3.05) is 7.05 Å². The van der Waals surface area contributed by atoms with E-state index >= 15 is 0 Å². The van der Waals surface area contributed by atoms with Crippen molar-refractivity contribution < 1.29 is 0 Å². The second kappa shape index (κ2) is 4.49. The number of hydrogen-bond donors (Lipinski definition) is 1. The molecule has 0 radical (unpaired) electrons. The summed E-state index contributed by atoms with van der Waals surface area (Å²) in [6.07, 6.45) is 3.95. The molecule has 0 fully saturated rings. The van der Waals surface area contributed by atoms with Gasteiger partial charge in [-0.1, -0.05) is 29.8 Å². The van der Waals surface area contributed by atoms with Gasteiger partial charge in [-0.15, -0.1) is 0 Å². The number of hydrogen-bond acceptors (Lipinski definition) is 2. The van der Waals surface area contributed by atoms with Gasteiger partial charge in [0.15, 0.2) is 0 Å². The van der Waals surface area contributed by atoms with E-state index in [1.165, 1.54) is 16.7 Å². The molecule has 0 bridgehead atoms. The van der Waals surface area contributed by atoms with Crippen molar-refractivity contribution in [2.45, 2.75) is 13.0 Å². The minimum absolute atomic E-state index is 0.217. The van der Waals surface area contributed by atoms with Crippen LogP contribution >= 0.6 is 0 Å². The molecule has 0 amide bonds. The molecular formula is C13H17N3. The fraction of sp³-hybridized carbons (Fsp3) is 0.308. The first kappa shape index (κ1) is 10.9. The maximum Gasteiger partial charge on any atom is 0.0605 e. The highest BCUT2D eigenvalue weighted by molar-refractivity contribution is 5.31. The quantitative estimate of drug-likeness (QED) is 0.849. The molecule has 0 saturated carbocycles. The first-order valence-electron chi connectivity index (χ1n) is 5.43. The predicted molar refractivity (Wildman–Crippen MR) is 65.3 cm³/mol. The maximum atomic E-state index is 4.21. The average molecular weight is 215 g/mol. The topological polar surface area (TPSA) is 29.9 Å². The first-order chi connectivity index (χ1) is 7.70. The zero-order chi connectivity index (χ0) is 11.5. The van der Waals surface area contributed by atoms with Crippen LogP contribution in [0, 0.1) is 6.92 Å². The van der Waals surface area contributed by atoms with Gasteiger partial charge in [-0.05, 0) is 19.5 Å². The van der Waals surface area contributed by atoms with Gasteiger partial charge in [-0.2, -0.15) is 5.10 Å². The van der Waals surface area contributed by atoms with Crippen molar-refractivity contribution in [2.24, 2.45) is 7.05 Å². The highest BCUT2D eigenvalue weighted by Gasteiger charge is 2.12. The van der Waals surface area contributed by atoms with Crippen LogP contribution in [0.3, 0.4) is 0 Å². The molecule has 3 nitrogen and oxygen atoms in total. The molecule has 1 heterocycles. The second-order valence-corrected chi connectivity index (χ2v) is 4.08. The monoisotopic (exact) mass is 215 g/mol. The largest absolute Gasteiger partial charge is 0.309 e. The SMILES string of the molecule is CNC(c1ccc(C)cc1)c1cnn(C)c1.